The van der Waals surface area contributed by atoms with Crippen LogP contribution in [0.4, 0.5) is 5.69 Å². The van der Waals surface area contributed by atoms with E-state index >= 15 is 0 Å². The number of rotatable bonds is 9. The zero-order chi connectivity index (χ0) is 21.5. The molecular weight excluding hydrogens is 370 g/mol. The number of fused-ring (bicyclic) bond motifs is 1. The van der Waals surface area contributed by atoms with Gasteiger partial charge in [-0.1, -0.05) is 56.2 Å². The zero-order valence-electron chi connectivity index (χ0n) is 18.2. The molecule has 3 N–H and O–H groups in total. The molecule has 0 saturated carbocycles. The molecule has 30 heavy (non-hydrogen) atoms. The second kappa shape index (κ2) is 10.2. The summed E-state index contributed by atoms with van der Waals surface area (Å²) in [6.07, 6.45) is 7.84. The van der Waals surface area contributed by atoms with Crippen LogP contribution in [0.2, 0.25) is 0 Å². The van der Waals surface area contributed by atoms with E-state index in [9.17, 15) is 4.79 Å². The maximum Gasteiger partial charge on any atom is 0.251 e. The number of para-hydroxylation sites is 1. The summed E-state index contributed by atoms with van der Waals surface area (Å²) in [5.74, 6) is -0.0589. The summed E-state index contributed by atoms with van der Waals surface area (Å²) in [4.78, 5) is 12.6. The molecule has 0 bridgehead atoms. The molecule has 0 radical (unpaired) electrons. The number of unbranched alkanes of at least 4 members (excludes halogenated alkanes) is 2. The third kappa shape index (κ3) is 5.14. The highest BCUT2D eigenvalue weighted by atomic mass is 16.1. The monoisotopic (exact) mass is 402 g/mol. The highest BCUT2D eigenvalue weighted by Gasteiger charge is 2.23. The van der Waals surface area contributed by atoms with E-state index in [1.807, 2.05) is 35.9 Å². The highest BCUT2D eigenvalue weighted by molar-refractivity contribution is 6.00. The lowest BCUT2D eigenvalue weighted by Gasteiger charge is -2.08. The van der Waals surface area contributed by atoms with Gasteiger partial charge in [-0.3, -0.25) is 4.79 Å². The van der Waals surface area contributed by atoms with E-state index in [-0.39, 0.29) is 5.78 Å². The van der Waals surface area contributed by atoms with Crippen molar-refractivity contribution in [2.24, 2.45) is 12.8 Å². The van der Waals surface area contributed by atoms with Crippen LogP contribution in [-0.4, -0.2) is 18.4 Å². The lowest BCUT2D eigenvalue weighted by Crippen LogP contribution is -2.42. The number of carbonyl (C=O) groups is 1. The molecule has 1 heterocycles. The fraction of sp³-hybridized carbons (Fsp3) is 0.308. The van der Waals surface area contributed by atoms with E-state index in [1.54, 1.807) is 6.92 Å². The Morgan fingerprint density at radius 1 is 1.10 bits per heavy atom. The van der Waals surface area contributed by atoms with E-state index in [2.05, 4.69) is 54.7 Å². The fourth-order valence-corrected chi connectivity index (χ4v) is 3.58. The second-order valence-corrected chi connectivity index (χ2v) is 7.80. The van der Waals surface area contributed by atoms with Crippen LogP contribution < -0.4 is 15.6 Å². The summed E-state index contributed by atoms with van der Waals surface area (Å²) in [6.45, 7) is 4.95. The van der Waals surface area contributed by atoms with Crippen LogP contribution in [0.25, 0.3) is 23.1 Å². The predicted molar refractivity (Wildman–Crippen MR) is 126 cm³/mol. The standard InChI is InChI=1S/C26H31N3O/c1-4-5-8-17-28-22-15-12-20(13-16-22)11-14-21-18-25(26(30)19(2)27)29(3)24-10-7-6-9-23(21)24/h6-7,9-16,18-19H,4-5,8,17,27H2,1-3H3/p+1. The van der Waals surface area contributed by atoms with Crippen molar-refractivity contribution < 1.29 is 9.36 Å². The summed E-state index contributed by atoms with van der Waals surface area (Å²) in [5, 5.41) is 4.57. The number of benzene rings is 2. The first kappa shape index (κ1) is 21.7. The minimum atomic E-state index is -0.536. The largest absolute Gasteiger partial charge is 0.385 e. The van der Waals surface area contributed by atoms with E-state index in [0.29, 0.717) is 5.69 Å². The topological polar surface area (TPSA) is 59.0 Å². The number of nitrogens with one attached hydrogen (secondary N) is 1. The van der Waals surface area contributed by atoms with Crippen molar-refractivity contribution >= 4 is 34.5 Å². The Morgan fingerprint density at radius 3 is 2.53 bits per heavy atom. The Hall–Kier alpha value is -2.98. The molecule has 0 aliphatic rings. The number of nitrogens with two attached hydrogens (primary N) is 1. The van der Waals surface area contributed by atoms with Gasteiger partial charge in [0.15, 0.2) is 0 Å². The van der Waals surface area contributed by atoms with Crippen LogP contribution >= 0.6 is 0 Å². The average molecular weight is 403 g/mol. The third-order valence-electron chi connectivity index (χ3n) is 5.37. The van der Waals surface area contributed by atoms with Gasteiger partial charge in [-0.15, -0.1) is 0 Å². The lowest BCUT2D eigenvalue weighted by atomic mass is 10.0. The van der Waals surface area contributed by atoms with E-state index in [1.165, 1.54) is 19.3 Å². The summed E-state index contributed by atoms with van der Waals surface area (Å²) in [6, 6.07) is 18.0. The molecule has 2 aromatic carbocycles. The Labute approximate surface area is 179 Å². The molecule has 0 amide bonds. The Morgan fingerprint density at radius 2 is 1.83 bits per heavy atom. The summed E-state index contributed by atoms with van der Waals surface area (Å²) in [7, 11) is 1.91. The number of hydrogen-bond donors (Lipinski definition) is 2. The molecule has 3 rings (SSSR count). The van der Waals surface area contributed by atoms with Gasteiger partial charge < -0.3 is 11.1 Å². The number of Topliss-reactive ketones (excluding diaryl/α,β-unsaturated/α-hetero) is 1. The van der Waals surface area contributed by atoms with E-state index < -0.39 is 6.04 Å². The summed E-state index contributed by atoms with van der Waals surface area (Å²) in [5.41, 5.74) is 10.8. The molecule has 1 aromatic heterocycles. The number of hydrogen-bond acceptors (Lipinski definition) is 3. The van der Waals surface area contributed by atoms with Crippen LogP contribution in [0.3, 0.4) is 0 Å². The average Bonchev–Trinajstić information content (AvgIpc) is 2.77. The Kier molecular flexibility index (Phi) is 7.36. The van der Waals surface area contributed by atoms with Crippen molar-refractivity contribution in [2.75, 3.05) is 11.9 Å². The Bertz CT molecular complexity index is 1040. The summed E-state index contributed by atoms with van der Waals surface area (Å²) < 4.78 is 1.93. The van der Waals surface area contributed by atoms with Crippen LogP contribution in [0, 0.1) is 0 Å². The van der Waals surface area contributed by atoms with Gasteiger partial charge in [0.05, 0.1) is 11.4 Å². The maximum atomic E-state index is 12.6. The first-order chi connectivity index (χ1) is 14.5. The van der Waals surface area contributed by atoms with Crippen LogP contribution in [0.15, 0.2) is 54.6 Å². The number of pyridine rings is 1. The van der Waals surface area contributed by atoms with Crippen molar-refractivity contribution in [1.82, 2.24) is 0 Å². The molecule has 0 saturated heterocycles. The zero-order valence-corrected chi connectivity index (χ0v) is 18.2. The predicted octanol–water partition coefficient (Wildman–Crippen LogP) is 4.97. The summed E-state index contributed by atoms with van der Waals surface area (Å²) >= 11 is 0. The quantitative estimate of drug-likeness (QED) is 0.302. The molecule has 4 heteroatoms. The lowest BCUT2D eigenvalue weighted by molar-refractivity contribution is -0.647. The number of aromatic nitrogens is 1. The number of aryl methyl sites for hydroxylation is 1. The number of nitrogens with zero attached hydrogens (tertiary/aromatic N) is 1. The van der Waals surface area contributed by atoms with Crippen molar-refractivity contribution in [1.29, 1.82) is 0 Å². The molecule has 156 valence electrons. The van der Waals surface area contributed by atoms with Gasteiger partial charge in [-0.25, -0.2) is 0 Å². The minimum absolute atomic E-state index is 0.0589. The number of ketones is 1. The first-order valence-corrected chi connectivity index (χ1v) is 10.7. The molecule has 3 aromatic rings. The first-order valence-electron chi connectivity index (χ1n) is 10.7. The molecule has 4 nitrogen and oxygen atoms in total. The molecule has 0 fully saturated rings. The van der Waals surface area contributed by atoms with Gasteiger partial charge >= 0.3 is 0 Å². The van der Waals surface area contributed by atoms with Crippen molar-refractivity contribution in [3.8, 4) is 0 Å². The fourth-order valence-electron chi connectivity index (χ4n) is 3.58. The molecule has 1 unspecified atom stereocenters. The number of anilines is 1. The minimum Gasteiger partial charge on any atom is -0.385 e. The van der Waals surface area contributed by atoms with Gasteiger partial charge in [0.1, 0.15) is 7.05 Å². The molecular formula is C26H32N3O+. The van der Waals surface area contributed by atoms with Crippen LogP contribution in [0.1, 0.15) is 54.7 Å². The van der Waals surface area contributed by atoms with Gasteiger partial charge in [0.2, 0.25) is 11.3 Å². The molecule has 0 aliphatic carbocycles. The smallest absolute Gasteiger partial charge is 0.251 e. The second-order valence-electron chi connectivity index (χ2n) is 7.80. The van der Waals surface area contributed by atoms with Crippen molar-refractivity contribution in [3.05, 3.63) is 71.4 Å². The normalized spacial score (nSPS) is 12.4. The van der Waals surface area contributed by atoms with Gasteiger partial charge in [-0.2, -0.15) is 4.57 Å². The molecule has 0 spiro atoms. The maximum absolute atomic E-state index is 12.6. The van der Waals surface area contributed by atoms with Crippen molar-refractivity contribution in [3.63, 3.8) is 0 Å². The molecule has 1 atom stereocenters. The van der Waals surface area contributed by atoms with Gasteiger partial charge in [0, 0.05) is 24.4 Å². The van der Waals surface area contributed by atoms with E-state index in [0.717, 1.165) is 34.3 Å². The molecule has 0 aliphatic heterocycles. The third-order valence-corrected chi connectivity index (χ3v) is 5.37. The van der Waals surface area contributed by atoms with E-state index in [4.69, 9.17) is 5.73 Å². The highest BCUT2D eigenvalue weighted by Crippen LogP contribution is 2.21. The SMILES string of the molecule is CCCCCNc1ccc(C=Cc2cc(C(=O)C(C)N)[n+](C)c3ccccc23)cc1. The van der Waals surface area contributed by atoms with Crippen LogP contribution in [-0.2, 0) is 7.05 Å². The van der Waals surface area contributed by atoms with Crippen LogP contribution in [0.5, 0.6) is 0 Å². The van der Waals surface area contributed by atoms with Gasteiger partial charge in [-0.05, 0) is 42.7 Å². The Balaban J connectivity index is 1.87. The number of carbonyl (C=O) groups excluding carboxylic acids is 1. The van der Waals surface area contributed by atoms with Crippen molar-refractivity contribution in [2.45, 2.75) is 39.2 Å². The van der Waals surface area contributed by atoms with Gasteiger partial charge in [0.25, 0.3) is 5.69 Å².